The fraction of sp³-hybridized carbons (Fsp3) is 0.310. The van der Waals surface area contributed by atoms with Gasteiger partial charge in [-0.05, 0) is 66.6 Å². The number of aromatic nitrogens is 2. The molecule has 0 amide bonds. The number of esters is 1. The number of carbonyl (C=O) groups is 1. The fourth-order valence-electron chi connectivity index (χ4n) is 4.40. The van der Waals surface area contributed by atoms with E-state index in [1.54, 1.807) is 0 Å². The lowest BCUT2D eigenvalue weighted by Gasteiger charge is -2.10. The van der Waals surface area contributed by atoms with Crippen molar-refractivity contribution in [3.05, 3.63) is 83.6 Å². The van der Waals surface area contributed by atoms with Crippen LogP contribution in [0.25, 0.3) is 22.0 Å². The Hall–Kier alpha value is -3.64. The number of fused-ring (bicyclic) bond motifs is 1. The van der Waals surface area contributed by atoms with E-state index in [2.05, 4.69) is 35.0 Å². The van der Waals surface area contributed by atoms with Crippen LogP contribution in [0, 0.1) is 5.92 Å². The molecule has 0 atom stereocenters. The van der Waals surface area contributed by atoms with Crippen molar-refractivity contribution in [1.82, 2.24) is 9.78 Å². The summed E-state index contributed by atoms with van der Waals surface area (Å²) in [7, 11) is 0. The smallest absolute Gasteiger partial charge is 0.310 e. The molecule has 2 N–H and O–H groups in total. The van der Waals surface area contributed by atoms with Gasteiger partial charge in [-0.15, -0.1) is 0 Å². The summed E-state index contributed by atoms with van der Waals surface area (Å²) in [5, 5.41) is 6.04. The molecule has 1 heterocycles. The first kappa shape index (κ1) is 23.1. The lowest BCUT2D eigenvalue weighted by Crippen LogP contribution is -2.09. The van der Waals surface area contributed by atoms with E-state index in [1.807, 2.05) is 43.3 Å². The third kappa shape index (κ3) is 5.38. The molecule has 1 fully saturated rings. The Morgan fingerprint density at radius 3 is 2.69 bits per heavy atom. The number of nitrogens with zero attached hydrogens (tertiary/aromatic N) is 2. The Morgan fingerprint density at radius 2 is 1.89 bits per heavy atom. The normalized spacial score (nSPS) is 13.2. The number of nitrogens with two attached hydrogens (primary N) is 1. The van der Waals surface area contributed by atoms with Crippen LogP contribution in [0.5, 0.6) is 5.75 Å². The molecule has 0 saturated heterocycles. The van der Waals surface area contributed by atoms with E-state index < -0.39 is 0 Å². The molecule has 0 bridgehead atoms. The predicted molar refractivity (Wildman–Crippen MR) is 137 cm³/mol. The van der Waals surface area contributed by atoms with E-state index >= 15 is 0 Å². The van der Waals surface area contributed by atoms with Gasteiger partial charge in [-0.1, -0.05) is 42.5 Å². The SMILES string of the molecule is CCOC(=O)Cc1ccccc1OCc1nn(CC2CC2)c2ccc(-c3cccc(CN)c3)cc12. The van der Waals surface area contributed by atoms with Gasteiger partial charge in [-0.2, -0.15) is 5.10 Å². The van der Waals surface area contributed by atoms with Crippen molar-refractivity contribution in [3.63, 3.8) is 0 Å². The molecule has 6 nitrogen and oxygen atoms in total. The first-order valence-corrected chi connectivity index (χ1v) is 12.3. The second kappa shape index (κ2) is 10.3. The fourth-order valence-corrected chi connectivity index (χ4v) is 4.40. The number of hydrogen-bond acceptors (Lipinski definition) is 5. The first-order valence-electron chi connectivity index (χ1n) is 12.3. The monoisotopic (exact) mass is 469 g/mol. The number of rotatable bonds is 10. The maximum absolute atomic E-state index is 12.0. The minimum atomic E-state index is -0.257. The number of carbonyl (C=O) groups excluding carboxylic acids is 1. The second-order valence-electron chi connectivity index (χ2n) is 9.09. The van der Waals surface area contributed by atoms with Crippen LogP contribution in [0.3, 0.4) is 0 Å². The molecular formula is C29H31N3O3. The van der Waals surface area contributed by atoms with Crippen LogP contribution in [0.1, 0.15) is 36.6 Å². The van der Waals surface area contributed by atoms with Crippen LogP contribution in [0.4, 0.5) is 0 Å². The van der Waals surface area contributed by atoms with Crippen molar-refractivity contribution < 1.29 is 14.3 Å². The number of benzene rings is 3. The van der Waals surface area contributed by atoms with Gasteiger partial charge in [-0.25, -0.2) is 0 Å². The van der Waals surface area contributed by atoms with Gasteiger partial charge < -0.3 is 15.2 Å². The zero-order valence-corrected chi connectivity index (χ0v) is 20.1. The van der Waals surface area contributed by atoms with Crippen LogP contribution < -0.4 is 10.5 Å². The van der Waals surface area contributed by atoms with Gasteiger partial charge in [0.15, 0.2) is 0 Å². The third-order valence-electron chi connectivity index (χ3n) is 6.43. The average molecular weight is 470 g/mol. The molecule has 3 aromatic carbocycles. The third-order valence-corrected chi connectivity index (χ3v) is 6.43. The molecule has 0 spiro atoms. The van der Waals surface area contributed by atoms with Gasteiger partial charge in [0.2, 0.25) is 0 Å². The van der Waals surface area contributed by atoms with Crippen molar-refractivity contribution in [2.75, 3.05) is 6.61 Å². The van der Waals surface area contributed by atoms with Crippen LogP contribution in [-0.4, -0.2) is 22.4 Å². The minimum Gasteiger partial charge on any atom is -0.487 e. The Kier molecular flexibility index (Phi) is 6.82. The molecule has 1 saturated carbocycles. The first-order chi connectivity index (χ1) is 17.1. The van der Waals surface area contributed by atoms with E-state index in [-0.39, 0.29) is 12.4 Å². The van der Waals surface area contributed by atoms with E-state index in [0.717, 1.165) is 45.4 Å². The van der Waals surface area contributed by atoms with Gasteiger partial charge in [0.1, 0.15) is 18.1 Å². The summed E-state index contributed by atoms with van der Waals surface area (Å²) in [5.41, 5.74) is 12.1. The highest BCUT2D eigenvalue weighted by Crippen LogP contribution is 2.34. The van der Waals surface area contributed by atoms with Gasteiger partial charge in [-0.3, -0.25) is 9.48 Å². The Bertz CT molecular complexity index is 1340. The summed E-state index contributed by atoms with van der Waals surface area (Å²) in [6, 6.07) is 22.5. The Morgan fingerprint density at radius 1 is 1.06 bits per heavy atom. The molecule has 1 aliphatic rings. The van der Waals surface area contributed by atoms with Crippen LogP contribution in [0.15, 0.2) is 66.7 Å². The molecule has 0 aliphatic heterocycles. The summed E-state index contributed by atoms with van der Waals surface area (Å²) in [6.07, 6.45) is 2.71. The standard InChI is InChI=1S/C29H31N3O3/c1-2-34-29(33)16-24-7-3-4-9-28(24)35-19-26-25-15-23(22-8-5-6-21(14-22)17-30)12-13-27(25)32(31-26)18-20-10-11-20/h3-9,12-15,20H,2,10-11,16-19,30H2,1H3. The lowest BCUT2D eigenvalue weighted by molar-refractivity contribution is -0.142. The summed E-state index contributed by atoms with van der Waals surface area (Å²) >= 11 is 0. The van der Waals surface area contributed by atoms with E-state index in [0.29, 0.717) is 31.4 Å². The molecule has 6 heteroatoms. The second-order valence-corrected chi connectivity index (χ2v) is 9.09. The van der Waals surface area contributed by atoms with Gasteiger partial charge >= 0.3 is 5.97 Å². The quantitative estimate of drug-likeness (QED) is 0.321. The molecule has 0 unspecified atom stereocenters. The lowest BCUT2D eigenvalue weighted by atomic mass is 10.0. The van der Waals surface area contributed by atoms with Gasteiger partial charge in [0.25, 0.3) is 0 Å². The van der Waals surface area contributed by atoms with Gasteiger partial charge in [0, 0.05) is 24.0 Å². The van der Waals surface area contributed by atoms with Crippen molar-refractivity contribution >= 4 is 16.9 Å². The molecule has 1 aromatic heterocycles. The van der Waals surface area contributed by atoms with E-state index in [9.17, 15) is 4.79 Å². The molecule has 4 aromatic rings. The van der Waals surface area contributed by atoms with Crippen LogP contribution >= 0.6 is 0 Å². The predicted octanol–water partition coefficient (Wildman–Crippen LogP) is 5.26. The van der Waals surface area contributed by atoms with Crippen LogP contribution in [0.2, 0.25) is 0 Å². The Balaban J connectivity index is 1.45. The van der Waals surface area contributed by atoms with E-state index in [4.69, 9.17) is 20.3 Å². The number of hydrogen-bond donors (Lipinski definition) is 1. The highest BCUT2D eigenvalue weighted by molar-refractivity contribution is 5.87. The zero-order valence-electron chi connectivity index (χ0n) is 20.1. The number of para-hydroxylation sites is 1. The highest BCUT2D eigenvalue weighted by Gasteiger charge is 2.24. The summed E-state index contributed by atoms with van der Waals surface area (Å²) in [5.74, 6) is 1.13. The average Bonchev–Trinajstić information content (AvgIpc) is 3.64. The molecule has 180 valence electrons. The van der Waals surface area contributed by atoms with Crippen molar-refractivity contribution in [2.45, 2.75) is 45.9 Å². The van der Waals surface area contributed by atoms with Crippen molar-refractivity contribution in [1.29, 1.82) is 0 Å². The van der Waals surface area contributed by atoms with Crippen molar-refractivity contribution in [2.24, 2.45) is 11.7 Å². The number of ether oxygens (including phenoxy) is 2. The zero-order chi connectivity index (χ0) is 24.2. The summed E-state index contributed by atoms with van der Waals surface area (Å²) in [4.78, 5) is 12.0. The highest BCUT2D eigenvalue weighted by atomic mass is 16.5. The summed E-state index contributed by atoms with van der Waals surface area (Å²) in [6.45, 7) is 3.94. The Labute approximate surface area is 205 Å². The van der Waals surface area contributed by atoms with E-state index in [1.165, 1.54) is 12.8 Å². The minimum absolute atomic E-state index is 0.183. The van der Waals surface area contributed by atoms with Gasteiger partial charge in [0.05, 0.1) is 18.5 Å². The molecular weight excluding hydrogens is 438 g/mol. The molecule has 1 aliphatic carbocycles. The van der Waals surface area contributed by atoms with Crippen LogP contribution in [-0.2, 0) is 35.6 Å². The maximum atomic E-state index is 12.0. The largest absolute Gasteiger partial charge is 0.487 e. The molecule has 5 rings (SSSR count). The topological polar surface area (TPSA) is 79.4 Å². The van der Waals surface area contributed by atoms with Crippen molar-refractivity contribution in [3.8, 4) is 16.9 Å². The molecule has 0 radical (unpaired) electrons. The molecule has 35 heavy (non-hydrogen) atoms. The maximum Gasteiger partial charge on any atom is 0.310 e. The summed E-state index contributed by atoms with van der Waals surface area (Å²) < 4.78 is 13.5.